The summed E-state index contributed by atoms with van der Waals surface area (Å²) in [5.74, 6) is -0.279. The van der Waals surface area contributed by atoms with Crippen molar-refractivity contribution in [1.29, 1.82) is 0 Å². The number of thiophene rings is 1. The summed E-state index contributed by atoms with van der Waals surface area (Å²) in [4.78, 5) is 25.5. The number of aryl methyl sites for hydroxylation is 1. The second-order valence-corrected chi connectivity index (χ2v) is 6.89. The summed E-state index contributed by atoms with van der Waals surface area (Å²) in [7, 11) is 0. The quantitative estimate of drug-likeness (QED) is 0.774. The predicted octanol–water partition coefficient (Wildman–Crippen LogP) is 3.98. The molecule has 0 aliphatic carbocycles. The first-order chi connectivity index (χ1) is 11.5. The molecule has 3 N–H and O–H groups in total. The molecule has 2 heterocycles. The zero-order valence-corrected chi connectivity index (χ0v) is 14.7. The first kappa shape index (κ1) is 16.5. The molecule has 0 bridgehead atoms. The zero-order valence-electron chi connectivity index (χ0n) is 13.1. The second kappa shape index (κ2) is 6.67. The van der Waals surface area contributed by atoms with Crippen LogP contribution in [0.5, 0.6) is 0 Å². The average molecular weight is 362 g/mol. The molecule has 0 spiro atoms. The van der Waals surface area contributed by atoms with Gasteiger partial charge in [-0.2, -0.15) is 0 Å². The van der Waals surface area contributed by atoms with Gasteiger partial charge < -0.3 is 16.0 Å². The summed E-state index contributed by atoms with van der Waals surface area (Å²) in [6, 6.07) is 8.34. The number of hydrogen-bond donors (Lipinski definition) is 3. The highest BCUT2D eigenvalue weighted by Crippen LogP contribution is 2.30. The maximum atomic E-state index is 12.8. The minimum atomic E-state index is -0.473. The highest BCUT2D eigenvalue weighted by atomic mass is 35.5. The van der Waals surface area contributed by atoms with E-state index in [9.17, 15) is 9.59 Å². The molecule has 0 radical (unpaired) electrons. The maximum Gasteiger partial charge on any atom is 0.319 e. The van der Waals surface area contributed by atoms with E-state index in [-0.39, 0.29) is 11.9 Å². The lowest BCUT2D eigenvalue weighted by atomic mass is 10.0. The van der Waals surface area contributed by atoms with Crippen molar-refractivity contribution in [3.63, 3.8) is 0 Å². The van der Waals surface area contributed by atoms with Crippen LogP contribution in [0, 0.1) is 6.92 Å². The van der Waals surface area contributed by atoms with E-state index >= 15 is 0 Å². The third-order valence-corrected chi connectivity index (χ3v) is 5.12. The largest absolute Gasteiger partial charge is 0.326 e. The summed E-state index contributed by atoms with van der Waals surface area (Å²) in [5.41, 5.74) is 2.56. The van der Waals surface area contributed by atoms with Crippen LogP contribution in [-0.4, -0.2) is 11.9 Å². The fourth-order valence-electron chi connectivity index (χ4n) is 2.53. The summed E-state index contributed by atoms with van der Waals surface area (Å²) in [6.07, 6.45) is 0. The Morgan fingerprint density at radius 1 is 1.29 bits per heavy atom. The van der Waals surface area contributed by atoms with Crippen molar-refractivity contribution in [2.75, 3.05) is 5.32 Å². The van der Waals surface area contributed by atoms with Crippen LogP contribution in [-0.2, 0) is 4.79 Å². The Morgan fingerprint density at radius 2 is 2.08 bits per heavy atom. The SMILES string of the molecule is CC1=C(C(=O)Nc2ccc(C)c(Cl)c2)C(c2cccs2)NC(=O)N1. The molecule has 1 aliphatic heterocycles. The normalized spacial score (nSPS) is 17.3. The molecule has 1 unspecified atom stereocenters. The lowest BCUT2D eigenvalue weighted by molar-refractivity contribution is -0.113. The Balaban J connectivity index is 1.91. The molecule has 3 amide bonds. The number of hydrogen-bond acceptors (Lipinski definition) is 3. The average Bonchev–Trinajstić information content (AvgIpc) is 3.04. The van der Waals surface area contributed by atoms with Gasteiger partial charge in [0, 0.05) is 21.3 Å². The minimum absolute atomic E-state index is 0.279. The van der Waals surface area contributed by atoms with Crippen LogP contribution in [0.15, 0.2) is 47.0 Å². The van der Waals surface area contributed by atoms with Crippen molar-refractivity contribution in [2.24, 2.45) is 0 Å². The van der Waals surface area contributed by atoms with Crippen LogP contribution in [0.25, 0.3) is 0 Å². The molecule has 2 aromatic rings. The van der Waals surface area contributed by atoms with E-state index in [1.807, 2.05) is 30.5 Å². The fourth-order valence-corrected chi connectivity index (χ4v) is 3.50. The van der Waals surface area contributed by atoms with E-state index in [1.54, 1.807) is 19.1 Å². The standard InChI is InChI=1S/C17H16ClN3O2S/c1-9-5-6-11(8-12(9)18)20-16(22)14-10(2)19-17(23)21-15(14)13-4-3-7-24-13/h3-8,15H,1-2H3,(H,20,22)(H2,19,21,23). The topological polar surface area (TPSA) is 70.2 Å². The van der Waals surface area contributed by atoms with Gasteiger partial charge in [-0.1, -0.05) is 23.7 Å². The van der Waals surface area contributed by atoms with Gasteiger partial charge in [0.05, 0.1) is 11.6 Å². The van der Waals surface area contributed by atoms with Gasteiger partial charge >= 0.3 is 6.03 Å². The van der Waals surface area contributed by atoms with Crippen LogP contribution < -0.4 is 16.0 Å². The Labute approximate surface area is 148 Å². The third kappa shape index (κ3) is 3.29. The van der Waals surface area contributed by atoms with E-state index in [0.717, 1.165) is 10.4 Å². The molecular formula is C17H16ClN3O2S. The number of anilines is 1. The number of allylic oxidation sites excluding steroid dienone is 1. The van der Waals surface area contributed by atoms with Gasteiger partial charge in [0.15, 0.2) is 0 Å². The molecule has 0 saturated carbocycles. The monoisotopic (exact) mass is 361 g/mol. The van der Waals surface area contributed by atoms with E-state index in [4.69, 9.17) is 11.6 Å². The molecule has 124 valence electrons. The molecule has 5 nitrogen and oxygen atoms in total. The number of carbonyl (C=O) groups excluding carboxylic acids is 2. The van der Waals surface area contributed by atoms with E-state index in [2.05, 4.69) is 16.0 Å². The van der Waals surface area contributed by atoms with Crippen molar-refractivity contribution in [3.8, 4) is 0 Å². The molecule has 3 rings (SSSR count). The van der Waals surface area contributed by atoms with Crippen LogP contribution in [0.2, 0.25) is 5.02 Å². The smallest absolute Gasteiger partial charge is 0.319 e. The van der Waals surface area contributed by atoms with Gasteiger partial charge in [-0.3, -0.25) is 4.79 Å². The van der Waals surface area contributed by atoms with Crippen LogP contribution in [0.1, 0.15) is 23.4 Å². The van der Waals surface area contributed by atoms with Crippen molar-refractivity contribution >= 4 is 40.6 Å². The Kier molecular flexibility index (Phi) is 4.59. The highest BCUT2D eigenvalue weighted by molar-refractivity contribution is 7.10. The van der Waals surface area contributed by atoms with Gasteiger partial charge in [-0.15, -0.1) is 11.3 Å². The third-order valence-electron chi connectivity index (χ3n) is 3.77. The highest BCUT2D eigenvalue weighted by Gasteiger charge is 2.31. The van der Waals surface area contributed by atoms with Gasteiger partial charge in [0.1, 0.15) is 0 Å². The van der Waals surface area contributed by atoms with Crippen LogP contribution in [0.4, 0.5) is 10.5 Å². The Hall–Kier alpha value is -2.31. The predicted molar refractivity (Wildman–Crippen MR) is 96.2 cm³/mol. The lowest BCUT2D eigenvalue weighted by Gasteiger charge is -2.27. The summed E-state index contributed by atoms with van der Waals surface area (Å²) in [6.45, 7) is 3.62. The van der Waals surface area contributed by atoms with Crippen molar-refractivity contribution in [1.82, 2.24) is 10.6 Å². The van der Waals surface area contributed by atoms with Crippen LogP contribution in [0.3, 0.4) is 0 Å². The number of nitrogens with one attached hydrogen (secondary N) is 3. The van der Waals surface area contributed by atoms with Gasteiger partial charge in [0.25, 0.3) is 5.91 Å². The molecule has 1 aromatic carbocycles. The summed E-state index contributed by atoms with van der Waals surface area (Å²) >= 11 is 7.60. The molecule has 1 aliphatic rings. The van der Waals surface area contributed by atoms with Gasteiger partial charge in [0.2, 0.25) is 0 Å². The number of urea groups is 1. The molecular weight excluding hydrogens is 346 g/mol. The number of halogens is 1. The number of benzene rings is 1. The molecule has 7 heteroatoms. The number of carbonyl (C=O) groups is 2. The summed E-state index contributed by atoms with van der Waals surface area (Å²) in [5, 5.41) is 10.8. The maximum absolute atomic E-state index is 12.8. The van der Waals surface area contributed by atoms with Crippen molar-refractivity contribution < 1.29 is 9.59 Å². The first-order valence-electron chi connectivity index (χ1n) is 7.35. The van der Waals surface area contributed by atoms with E-state index < -0.39 is 6.04 Å². The first-order valence-corrected chi connectivity index (χ1v) is 8.60. The van der Waals surface area contributed by atoms with Gasteiger partial charge in [-0.25, -0.2) is 4.79 Å². The fraction of sp³-hybridized carbons (Fsp3) is 0.176. The second-order valence-electron chi connectivity index (χ2n) is 5.50. The molecule has 0 saturated heterocycles. The molecule has 1 atom stereocenters. The molecule has 0 fully saturated rings. The lowest BCUT2D eigenvalue weighted by Crippen LogP contribution is -2.45. The van der Waals surface area contributed by atoms with E-state index in [1.165, 1.54) is 11.3 Å². The zero-order chi connectivity index (χ0) is 17.3. The Morgan fingerprint density at radius 3 is 2.75 bits per heavy atom. The summed E-state index contributed by atoms with van der Waals surface area (Å²) < 4.78 is 0. The number of amides is 3. The Bertz CT molecular complexity index is 830. The van der Waals surface area contributed by atoms with Gasteiger partial charge in [-0.05, 0) is 43.0 Å². The van der Waals surface area contributed by atoms with Crippen LogP contribution >= 0.6 is 22.9 Å². The van der Waals surface area contributed by atoms with Crippen molar-refractivity contribution in [3.05, 3.63) is 62.4 Å². The minimum Gasteiger partial charge on any atom is -0.326 e. The van der Waals surface area contributed by atoms with E-state index in [0.29, 0.717) is 22.0 Å². The van der Waals surface area contributed by atoms with Crippen molar-refractivity contribution in [2.45, 2.75) is 19.9 Å². The number of rotatable bonds is 3. The molecule has 1 aromatic heterocycles. The molecule has 24 heavy (non-hydrogen) atoms.